The van der Waals surface area contributed by atoms with E-state index in [1.165, 1.54) is 18.2 Å². The van der Waals surface area contributed by atoms with E-state index in [2.05, 4.69) is 15.6 Å². The molecule has 3 nitrogen and oxygen atoms in total. The van der Waals surface area contributed by atoms with E-state index in [1.54, 1.807) is 24.3 Å². The van der Waals surface area contributed by atoms with Gasteiger partial charge in [0.15, 0.2) is 5.11 Å². The fraction of sp³-hybridized carbons (Fsp3) is 0.118. The van der Waals surface area contributed by atoms with Crippen molar-refractivity contribution in [3.05, 3.63) is 65.9 Å². The van der Waals surface area contributed by atoms with Crippen LogP contribution in [0.2, 0.25) is 0 Å². The number of aromatic nitrogens is 1. The van der Waals surface area contributed by atoms with Gasteiger partial charge >= 0.3 is 0 Å². The number of benzene rings is 2. The molecule has 3 rings (SSSR count). The largest absolute Gasteiger partial charge is 0.362 e. The zero-order valence-corrected chi connectivity index (χ0v) is 13.0. The summed E-state index contributed by atoms with van der Waals surface area (Å²) in [5, 5.41) is 7.21. The van der Waals surface area contributed by atoms with Crippen molar-refractivity contribution >= 4 is 33.9 Å². The summed E-state index contributed by atoms with van der Waals surface area (Å²) in [6.07, 6.45) is 2.57. The number of hydrogen-bond acceptors (Lipinski definition) is 1. The molecule has 23 heavy (non-hydrogen) atoms. The van der Waals surface area contributed by atoms with E-state index >= 15 is 0 Å². The highest BCUT2D eigenvalue weighted by molar-refractivity contribution is 7.80. The van der Waals surface area contributed by atoms with E-state index in [0.29, 0.717) is 23.8 Å². The molecule has 0 fully saturated rings. The first-order valence-corrected chi connectivity index (χ1v) is 7.59. The lowest BCUT2D eigenvalue weighted by molar-refractivity contribution is 0.629. The molecule has 0 saturated carbocycles. The van der Waals surface area contributed by atoms with Gasteiger partial charge in [0, 0.05) is 23.6 Å². The third-order valence-electron chi connectivity index (χ3n) is 3.53. The molecule has 118 valence electrons. The Morgan fingerprint density at radius 3 is 2.78 bits per heavy atom. The summed E-state index contributed by atoms with van der Waals surface area (Å²) in [6, 6.07) is 11.0. The van der Waals surface area contributed by atoms with Crippen LogP contribution in [0.1, 0.15) is 5.56 Å². The molecular weight excluding hydrogens is 316 g/mol. The molecule has 0 radical (unpaired) electrons. The molecule has 1 heterocycles. The van der Waals surface area contributed by atoms with E-state index in [0.717, 1.165) is 16.5 Å². The Labute approximate surface area is 137 Å². The minimum absolute atomic E-state index is 0.265. The van der Waals surface area contributed by atoms with E-state index < -0.39 is 0 Å². The van der Waals surface area contributed by atoms with Crippen LogP contribution < -0.4 is 10.6 Å². The summed E-state index contributed by atoms with van der Waals surface area (Å²) in [4.78, 5) is 3.05. The number of aromatic amines is 1. The lowest BCUT2D eigenvalue weighted by Gasteiger charge is -2.10. The van der Waals surface area contributed by atoms with Crippen LogP contribution in [0.15, 0.2) is 48.7 Å². The van der Waals surface area contributed by atoms with Crippen molar-refractivity contribution in [2.24, 2.45) is 0 Å². The van der Waals surface area contributed by atoms with Gasteiger partial charge in [-0.1, -0.05) is 12.1 Å². The van der Waals surface area contributed by atoms with Crippen LogP contribution in [-0.2, 0) is 6.42 Å². The summed E-state index contributed by atoms with van der Waals surface area (Å²) >= 11 is 5.16. The summed E-state index contributed by atoms with van der Waals surface area (Å²) in [5.74, 6) is -0.616. The lowest BCUT2D eigenvalue weighted by atomic mass is 10.1. The Morgan fingerprint density at radius 1 is 1.13 bits per heavy atom. The molecule has 0 bridgehead atoms. The van der Waals surface area contributed by atoms with Gasteiger partial charge in [0.2, 0.25) is 0 Å². The summed E-state index contributed by atoms with van der Waals surface area (Å²) < 4.78 is 26.7. The molecule has 1 aromatic heterocycles. The number of thiocarbonyl (C=S) groups is 1. The molecule has 0 unspecified atom stereocenters. The van der Waals surface area contributed by atoms with Crippen molar-refractivity contribution in [2.45, 2.75) is 6.42 Å². The van der Waals surface area contributed by atoms with Gasteiger partial charge in [0.05, 0.1) is 5.69 Å². The third-order valence-corrected chi connectivity index (χ3v) is 3.78. The number of nitrogens with one attached hydrogen (secondary N) is 3. The highest BCUT2D eigenvalue weighted by atomic mass is 32.1. The van der Waals surface area contributed by atoms with Crippen molar-refractivity contribution in [2.75, 3.05) is 11.9 Å². The monoisotopic (exact) mass is 331 g/mol. The average molecular weight is 331 g/mol. The molecular formula is C17H15F2N3S. The Kier molecular flexibility index (Phi) is 4.52. The second kappa shape index (κ2) is 6.75. The van der Waals surface area contributed by atoms with Crippen LogP contribution in [0.25, 0.3) is 10.9 Å². The van der Waals surface area contributed by atoms with Crippen LogP contribution in [0.3, 0.4) is 0 Å². The third kappa shape index (κ3) is 3.65. The highest BCUT2D eigenvalue weighted by Gasteiger charge is 2.06. The first kappa shape index (κ1) is 15.4. The standard InChI is InChI=1S/C17H15F2N3S/c18-12-5-6-13-11(10-21-16(13)9-12)7-8-20-17(23)22-15-4-2-1-3-14(15)19/h1-6,9-10,21H,7-8H2,(H2,20,22,23). The first-order valence-electron chi connectivity index (χ1n) is 7.18. The van der Waals surface area contributed by atoms with Gasteiger partial charge in [-0.2, -0.15) is 0 Å². The minimum Gasteiger partial charge on any atom is -0.362 e. The van der Waals surface area contributed by atoms with E-state index in [4.69, 9.17) is 12.2 Å². The van der Waals surface area contributed by atoms with Gasteiger partial charge in [-0.25, -0.2) is 8.78 Å². The normalized spacial score (nSPS) is 10.7. The molecule has 2 aromatic carbocycles. The molecule has 3 N–H and O–H groups in total. The van der Waals surface area contributed by atoms with E-state index in [1.807, 2.05) is 6.20 Å². The maximum absolute atomic E-state index is 13.5. The predicted octanol–water partition coefficient (Wildman–Crippen LogP) is 3.98. The van der Waals surface area contributed by atoms with E-state index in [9.17, 15) is 8.78 Å². The van der Waals surface area contributed by atoms with Crippen molar-refractivity contribution in [3.8, 4) is 0 Å². The molecule has 6 heteroatoms. The fourth-order valence-electron chi connectivity index (χ4n) is 2.41. The molecule has 0 aliphatic carbocycles. The highest BCUT2D eigenvalue weighted by Crippen LogP contribution is 2.19. The number of halogens is 2. The Balaban J connectivity index is 1.56. The summed E-state index contributed by atoms with van der Waals surface area (Å²) in [5.41, 5.74) is 2.18. The van der Waals surface area contributed by atoms with Gasteiger partial charge in [0.25, 0.3) is 0 Å². The first-order chi connectivity index (χ1) is 11.1. The Hall–Kier alpha value is -2.47. The lowest BCUT2D eigenvalue weighted by Crippen LogP contribution is -2.30. The molecule has 0 aliphatic rings. The second-order valence-electron chi connectivity index (χ2n) is 5.11. The molecule has 0 aliphatic heterocycles. The van der Waals surface area contributed by atoms with Crippen molar-refractivity contribution in [3.63, 3.8) is 0 Å². The van der Waals surface area contributed by atoms with Gasteiger partial charge in [0.1, 0.15) is 11.6 Å². The SMILES string of the molecule is Fc1ccc2c(CCNC(=S)Nc3ccccc3F)c[nH]c2c1. The second-order valence-corrected chi connectivity index (χ2v) is 5.52. The Bertz CT molecular complexity index is 845. The smallest absolute Gasteiger partial charge is 0.170 e. The van der Waals surface area contributed by atoms with Crippen LogP contribution >= 0.6 is 12.2 Å². The molecule has 0 amide bonds. The van der Waals surface area contributed by atoms with E-state index in [-0.39, 0.29) is 11.6 Å². The van der Waals surface area contributed by atoms with Gasteiger partial charge in [-0.05, 0) is 54.5 Å². The van der Waals surface area contributed by atoms with Gasteiger partial charge in [-0.3, -0.25) is 0 Å². The fourth-order valence-corrected chi connectivity index (χ4v) is 2.62. The minimum atomic E-state index is -0.352. The quantitative estimate of drug-likeness (QED) is 0.634. The number of hydrogen-bond donors (Lipinski definition) is 3. The van der Waals surface area contributed by atoms with Crippen molar-refractivity contribution in [1.82, 2.24) is 10.3 Å². The van der Waals surface area contributed by atoms with Gasteiger partial charge in [-0.15, -0.1) is 0 Å². The zero-order valence-electron chi connectivity index (χ0n) is 12.2. The van der Waals surface area contributed by atoms with Crippen LogP contribution in [-0.4, -0.2) is 16.6 Å². The predicted molar refractivity (Wildman–Crippen MR) is 92.6 cm³/mol. The van der Waals surface area contributed by atoms with Crippen molar-refractivity contribution < 1.29 is 8.78 Å². The summed E-state index contributed by atoms with van der Waals surface area (Å²) in [6.45, 7) is 0.588. The topological polar surface area (TPSA) is 39.8 Å². The number of fused-ring (bicyclic) bond motifs is 1. The maximum Gasteiger partial charge on any atom is 0.170 e. The van der Waals surface area contributed by atoms with Crippen LogP contribution in [0.5, 0.6) is 0 Å². The zero-order chi connectivity index (χ0) is 16.2. The van der Waals surface area contributed by atoms with Crippen LogP contribution in [0, 0.1) is 11.6 Å². The van der Waals surface area contributed by atoms with Crippen LogP contribution in [0.4, 0.5) is 14.5 Å². The molecule has 0 saturated heterocycles. The van der Waals surface area contributed by atoms with Crippen molar-refractivity contribution in [1.29, 1.82) is 0 Å². The van der Waals surface area contributed by atoms with Gasteiger partial charge < -0.3 is 15.6 Å². The number of H-pyrrole nitrogens is 1. The number of rotatable bonds is 4. The maximum atomic E-state index is 13.5. The molecule has 3 aromatic rings. The molecule has 0 spiro atoms. The molecule has 0 atom stereocenters. The number of anilines is 1. The Morgan fingerprint density at radius 2 is 1.96 bits per heavy atom. The average Bonchev–Trinajstić information content (AvgIpc) is 2.92. The summed E-state index contributed by atoms with van der Waals surface area (Å²) in [7, 11) is 0. The number of para-hydroxylation sites is 1.